The van der Waals surface area contributed by atoms with Gasteiger partial charge in [-0.25, -0.2) is 0 Å². The number of aromatic nitrogens is 1. The lowest BCUT2D eigenvalue weighted by molar-refractivity contribution is 0.279. The zero-order valence-corrected chi connectivity index (χ0v) is 17.5. The fraction of sp³-hybridized carbons (Fsp3) is 0.259. The van der Waals surface area contributed by atoms with Gasteiger partial charge < -0.3 is 9.72 Å². The molecule has 2 heterocycles. The normalized spacial score (nSPS) is 14.4. The predicted octanol–water partition coefficient (Wildman–Crippen LogP) is 5.83. The van der Waals surface area contributed by atoms with Gasteiger partial charge in [-0.2, -0.15) is 0 Å². The Labute approximate surface area is 178 Å². The van der Waals surface area contributed by atoms with E-state index in [1.807, 2.05) is 13.0 Å². The molecule has 152 valence electrons. The summed E-state index contributed by atoms with van der Waals surface area (Å²) in [4.78, 5) is 6.31. The van der Waals surface area contributed by atoms with Crippen molar-refractivity contribution in [2.45, 2.75) is 26.3 Å². The summed E-state index contributed by atoms with van der Waals surface area (Å²) in [6.45, 7) is 5.90. The molecule has 3 heteroatoms. The third kappa shape index (κ3) is 3.61. The maximum atomic E-state index is 5.95. The maximum absolute atomic E-state index is 5.95. The van der Waals surface area contributed by atoms with Crippen LogP contribution in [0.3, 0.4) is 0 Å². The summed E-state index contributed by atoms with van der Waals surface area (Å²) in [5.74, 6) is 0.960. The van der Waals surface area contributed by atoms with Crippen LogP contribution < -0.4 is 4.74 Å². The molecule has 0 saturated heterocycles. The van der Waals surface area contributed by atoms with E-state index < -0.39 is 0 Å². The molecule has 0 unspecified atom stereocenters. The minimum Gasteiger partial charge on any atom is -0.493 e. The molecule has 3 nitrogen and oxygen atoms in total. The lowest BCUT2D eigenvalue weighted by Gasteiger charge is -2.20. The van der Waals surface area contributed by atoms with E-state index in [9.17, 15) is 0 Å². The molecule has 0 radical (unpaired) electrons. The molecular weight excluding hydrogens is 368 g/mol. The molecule has 0 amide bonds. The van der Waals surface area contributed by atoms with Crippen LogP contribution in [0.5, 0.6) is 5.75 Å². The number of nitrogens with one attached hydrogen (secondary N) is 1. The van der Waals surface area contributed by atoms with E-state index in [2.05, 4.69) is 76.6 Å². The van der Waals surface area contributed by atoms with E-state index in [1.54, 1.807) is 0 Å². The Morgan fingerprint density at radius 2 is 1.60 bits per heavy atom. The lowest BCUT2D eigenvalue weighted by Crippen LogP contribution is -2.26. The number of ether oxygens (including phenoxy) is 1. The molecule has 4 aromatic rings. The highest BCUT2D eigenvalue weighted by atomic mass is 16.5. The third-order valence-electron chi connectivity index (χ3n) is 6.10. The molecule has 0 saturated carbocycles. The predicted molar refractivity (Wildman–Crippen MR) is 124 cm³/mol. The number of H-pyrrole nitrogens is 1. The van der Waals surface area contributed by atoms with Gasteiger partial charge in [-0.3, -0.25) is 4.90 Å². The summed E-state index contributed by atoms with van der Waals surface area (Å²) < 4.78 is 5.95. The first-order valence-electron chi connectivity index (χ1n) is 10.9. The summed E-state index contributed by atoms with van der Waals surface area (Å²) in [5.41, 5.74) is 7.94. The zero-order chi connectivity index (χ0) is 20.3. The molecule has 1 aliphatic heterocycles. The van der Waals surface area contributed by atoms with Gasteiger partial charge >= 0.3 is 0 Å². The molecule has 0 aliphatic carbocycles. The standard InChI is InChI=1S/C27H28N2O/c1-2-30-26-14-7-6-11-21(26)22-12-8-13-25-27(22)23-15-17-29(18-16-24(23)28-25)19-20-9-4-3-5-10-20/h3-14,28H,2,15-19H2,1H3. The van der Waals surface area contributed by atoms with Crippen LogP contribution in [0, 0.1) is 0 Å². The van der Waals surface area contributed by atoms with Gasteiger partial charge in [0.25, 0.3) is 0 Å². The Hall–Kier alpha value is -3.04. The van der Waals surface area contributed by atoms with Gasteiger partial charge in [0.15, 0.2) is 0 Å². The molecule has 3 aromatic carbocycles. The Bertz CT molecular complexity index is 1150. The first-order chi connectivity index (χ1) is 14.8. The van der Waals surface area contributed by atoms with Crippen LogP contribution in [0.1, 0.15) is 23.7 Å². The van der Waals surface area contributed by atoms with Crippen molar-refractivity contribution in [1.29, 1.82) is 0 Å². The summed E-state index contributed by atoms with van der Waals surface area (Å²) >= 11 is 0. The van der Waals surface area contributed by atoms with Crippen molar-refractivity contribution < 1.29 is 4.74 Å². The average Bonchev–Trinajstić information content (AvgIpc) is 3.03. The summed E-state index contributed by atoms with van der Waals surface area (Å²) in [6.07, 6.45) is 2.12. The van der Waals surface area contributed by atoms with E-state index >= 15 is 0 Å². The molecule has 0 fully saturated rings. The van der Waals surface area contributed by atoms with E-state index in [0.717, 1.165) is 38.2 Å². The number of rotatable bonds is 5. The van der Waals surface area contributed by atoms with Gasteiger partial charge in [0, 0.05) is 48.2 Å². The number of hydrogen-bond acceptors (Lipinski definition) is 2. The van der Waals surface area contributed by atoms with Crippen LogP contribution in [0.25, 0.3) is 22.0 Å². The highest BCUT2D eigenvalue weighted by molar-refractivity contribution is 5.99. The van der Waals surface area contributed by atoms with Crippen LogP contribution >= 0.6 is 0 Å². The quantitative estimate of drug-likeness (QED) is 0.459. The van der Waals surface area contributed by atoms with E-state index in [-0.39, 0.29) is 0 Å². The van der Waals surface area contributed by atoms with Gasteiger partial charge in [-0.05, 0) is 42.2 Å². The third-order valence-corrected chi connectivity index (χ3v) is 6.10. The minimum absolute atomic E-state index is 0.673. The fourth-order valence-electron chi connectivity index (χ4n) is 4.71. The lowest BCUT2D eigenvalue weighted by atomic mass is 9.96. The Morgan fingerprint density at radius 3 is 2.47 bits per heavy atom. The SMILES string of the molecule is CCOc1ccccc1-c1cccc2[nH]c3c(c12)CCN(Cc1ccccc1)CC3. The minimum atomic E-state index is 0.673. The second-order valence-electron chi connectivity index (χ2n) is 8.00. The fourth-order valence-corrected chi connectivity index (χ4v) is 4.71. The molecule has 1 aliphatic rings. The summed E-state index contributed by atoms with van der Waals surface area (Å²) in [6, 6.07) is 25.8. The Morgan fingerprint density at radius 1 is 0.833 bits per heavy atom. The van der Waals surface area contributed by atoms with E-state index in [0.29, 0.717) is 6.61 Å². The number of fused-ring (bicyclic) bond motifs is 3. The Kier molecular flexibility index (Phi) is 5.29. The van der Waals surface area contributed by atoms with Crippen molar-refractivity contribution in [2.75, 3.05) is 19.7 Å². The second kappa shape index (κ2) is 8.37. The molecule has 0 atom stereocenters. The second-order valence-corrected chi connectivity index (χ2v) is 8.00. The summed E-state index contributed by atoms with van der Waals surface area (Å²) in [5, 5.41) is 1.36. The van der Waals surface area contributed by atoms with Crippen LogP contribution in [0.4, 0.5) is 0 Å². The number of nitrogens with zero attached hydrogens (tertiary/aromatic N) is 1. The molecule has 1 N–H and O–H groups in total. The van der Waals surface area contributed by atoms with Gasteiger partial charge in [0.2, 0.25) is 0 Å². The van der Waals surface area contributed by atoms with Crippen LogP contribution in [0.2, 0.25) is 0 Å². The van der Waals surface area contributed by atoms with Crippen molar-refractivity contribution in [2.24, 2.45) is 0 Å². The van der Waals surface area contributed by atoms with Crippen molar-refractivity contribution >= 4 is 10.9 Å². The largest absolute Gasteiger partial charge is 0.493 e. The molecule has 0 bridgehead atoms. The van der Waals surface area contributed by atoms with E-state index in [4.69, 9.17) is 4.74 Å². The number of aromatic amines is 1. The molecule has 5 rings (SSSR count). The Balaban J connectivity index is 1.50. The highest BCUT2D eigenvalue weighted by Gasteiger charge is 2.21. The highest BCUT2D eigenvalue weighted by Crippen LogP contribution is 2.38. The topological polar surface area (TPSA) is 28.3 Å². The molecule has 30 heavy (non-hydrogen) atoms. The van der Waals surface area contributed by atoms with Crippen molar-refractivity contribution in [3.05, 3.63) is 89.6 Å². The van der Waals surface area contributed by atoms with E-state index in [1.165, 1.54) is 38.9 Å². The van der Waals surface area contributed by atoms with Crippen molar-refractivity contribution in [3.63, 3.8) is 0 Å². The van der Waals surface area contributed by atoms with Gasteiger partial charge in [0.1, 0.15) is 5.75 Å². The van der Waals surface area contributed by atoms with Gasteiger partial charge in [0.05, 0.1) is 6.61 Å². The summed E-state index contributed by atoms with van der Waals surface area (Å²) in [7, 11) is 0. The first kappa shape index (κ1) is 19.0. The molecule has 1 aromatic heterocycles. The van der Waals surface area contributed by atoms with Crippen molar-refractivity contribution in [3.8, 4) is 16.9 Å². The number of para-hydroxylation sites is 1. The van der Waals surface area contributed by atoms with Crippen molar-refractivity contribution in [1.82, 2.24) is 9.88 Å². The van der Waals surface area contributed by atoms with Gasteiger partial charge in [-0.15, -0.1) is 0 Å². The first-order valence-corrected chi connectivity index (χ1v) is 10.9. The van der Waals surface area contributed by atoms with Crippen LogP contribution in [-0.2, 0) is 19.4 Å². The molecular formula is C27H28N2O. The number of benzene rings is 3. The average molecular weight is 397 g/mol. The monoisotopic (exact) mass is 396 g/mol. The number of hydrogen-bond donors (Lipinski definition) is 1. The van der Waals surface area contributed by atoms with Crippen LogP contribution in [-0.4, -0.2) is 29.6 Å². The smallest absolute Gasteiger partial charge is 0.127 e. The zero-order valence-electron chi connectivity index (χ0n) is 17.5. The molecule has 0 spiro atoms. The van der Waals surface area contributed by atoms with Crippen LogP contribution in [0.15, 0.2) is 72.8 Å². The maximum Gasteiger partial charge on any atom is 0.127 e. The van der Waals surface area contributed by atoms with Gasteiger partial charge in [-0.1, -0.05) is 60.7 Å².